The lowest BCUT2D eigenvalue weighted by molar-refractivity contribution is -0.130. The average Bonchev–Trinajstić information content (AvgIpc) is 2.27. The van der Waals surface area contributed by atoms with Gasteiger partial charge in [-0.15, -0.1) is 0 Å². The van der Waals surface area contributed by atoms with E-state index in [1.165, 1.54) is 5.75 Å². The van der Waals surface area contributed by atoms with Crippen molar-refractivity contribution in [3.8, 4) is 0 Å². The van der Waals surface area contributed by atoms with Gasteiger partial charge in [-0.3, -0.25) is 4.79 Å². The van der Waals surface area contributed by atoms with Crippen LogP contribution in [0, 0.1) is 5.92 Å². The molecule has 1 aliphatic rings. The summed E-state index contributed by atoms with van der Waals surface area (Å²) < 4.78 is 0. The highest BCUT2D eigenvalue weighted by Gasteiger charge is 2.18. The van der Waals surface area contributed by atoms with Crippen LogP contribution in [0.25, 0.3) is 0 Å². The molecule has 4 heteroatoms. The number of nitrogens with zero attached hydrogens (tertiary/aromatic N) is 1. The summed E-state index contributed by atoms with van der Waals surface area (Å²) in [5, 5.41) is 3.40. The first-order valence-corrected chi connectivity index (χ1v) is 7.30. The molecule has 1 heterocycles. The Morgan fingerprint density at radius 2 is 2.31 bits per heavy atom. The molecule has 0 aromatic carbocycles. The summed E-state index contributed by atoms with van der Waals surface area (Å²) in [6, 6.07) is 0.382. The number of carbonyl (C=O) groups excluding carboxylic acids is 1. The number of rotatable bonds is 5. The molecule has 3 nitrogen and oxygen atoms in total. The molecule has 0 saturated carbocycles. The van der Waals surface area contributed by atoms with Crippen LogP contribution in [0.2, 0.25) is 0 Å². The third-order valence-corrected chi connectivity index (χ3v) is 4.02. The first-order chi connectivity index (χ1) is 7.59. The van der Waals surface area contributed by atoms with Crippen molar-refractivity contribution in [3.63, 3.8) is 0 Å². The van der Waals surface area contributed by atoms with Crippen LogP contribution in [-0.2, 0) is 4.79 Å². The fraction of sp³-hybridized carbons (Fsp3) is 0.917. The second kappa shape index (κ2) is 7.17. The van der Waals surface area contributed by atoms with E-state index in [-0.39, 0.29) is 5.91 Å². The van der Waals surface area contributed by atoms with E-state index < -0.39 is 0 Å². The zero-order valence-corrected chi connectivity index (χ0v) is 11.5. The maximum atomic E-state index is 11.9. The molecule has 1 fully saturated rings. The highest BCUT2D eigenvalue weighted by atomic mass is 32.2. The summed E-state index contributed by atoms with van der Waals surface area (Å²) in [4.78, 5) is 13.8. The van der Waals surface area contributed by atoms with Gasteiger partial charge in [-0.25, -0.2) is 0 Å². The van der Waals surface area contributed by atoms with Crippen LogP contribution in [0.4, 0.5) is 0 Å². The smallest absolute Gasteiger partial charge is 0.223 e. The minimum absolute atomic E-state index is 0.278. The van der Waals surface area contributed by atoms with Crippen molar-refractivity contribution >= 4 is 17.7 Å². The predicted molar refractivity (Wildman–Crippen MR) is 70.8 cm³/mol. The number of hydrogen-bond acceptors (Lipinski definition) is 3. The van der Waals surface area contributed by atoms with Gasteiger partial charge in [-0.05, 0) is 12.3 Å². The Hall–Kier alpha value is -0.220. The monoisotopic (exact) mass is 244 g/mol. The van der Waals surface area contributed by atoms with Crippen LogP contribution < -0.4 is 5.32 Å². The van der Waals surface area contributed by atoms with Crippen LogP contribution in [0.3, 0.4) is 0 Å². The lowest BCUT2D eigenvalue weighted by Gasteiger charge is -2.25. The quantitative estimate of drug-likeness (QED) is 0.797. The van der Waals surface area contributed by atoms with Gasteiger partial charge in [-0.1, -0.05) is 13.8 Å². The second-order valence-corrected chi connectivity index (χ2v) is 6.08. The zero-order chi connectivity index (χ0) is 12.0. The lowest BCUT2D eigenvalue weighted by Crippen LogP contribution is -2.42. The summed E-state index contributed by atoms with van der Waals surface area (Å²) in [6.45, 7) is 6.31. The van der Waals surface area contributed by atoms with Crippen molar-refractivity contribution in [3.05, 3.63) is 0 Å². The maximum absolute atomic E-state index is 11.9. The molecule has 0 bridgehead atoms. The van der Waals surface area contributed by atoms with Gasteiger partial charge >= 0.3 is 0 Å². The van der Waals surface area contributed by atoms with E-state index in [0.29, 0.717) is 18.4 Å². The average molecular weight is 244 g/mol. The maximum Gasteiger partial charge on any atom is 0.223 e. The standard InChI is InChI=1S/C12H24N2OS/c1-10(2)4-6-14(3)12(15)8-11-9-16-7-5-13-11/h10-11,13H,4-9H2,1-3H3. The third kappa shape index (κ3) is 5.21. The van der Waals surface area contributed by atoms with Crippen molar-refractivity contribution in [1.29, 1.82) is 0 Å². The molecule has 0 radical (unpaired) electrons. The predicted octanol–water partition coefficient (Wildman–Crippen LogP) is 1.59. The Morgan fingerprint density at radius 3 is 2.88 bits per heavy atom. The number of thioether (sulfide) groups is 1. The topological polar surface area (TPSA) is 32.3 Å². The van der Waals surface area contributed by atoms with Gasteiger partial charge in [0.1, 0.15) is 0 Å². The summed E-state index contributed by atoms with van der Waals surface area (Å²) in [7, 11) is 1.92. The van der Waals surface area contributed by atoms with Crippen molar-refractivity contribution in [1.82, 2.24) is 10.2 Å². The van der Waals surface area contributed by atoms with Crippen LogP contribution >= 0.6 is 11.8 Å². The van der Waals surface area contributed by atoms with Gasteiger partial charge in [0.25, 0.3) is 0 Å². The summed E-state index contributed by atoms with van der Waals surface area (Å²) in [6.07, 6.45) is 1.75. The van der Waals surface area contributed by atoms with E-state index in [9.17, 15) is 4.79 Å². The molecule has 1 aliphatic heterocycles. The number of nitrogens with one attached hydrogen (secondary N) is 1. The SMILES string of the molecule is CC(C)CCN(C)C(=O)CC1CSCCN1. The second-order valence-electron chi connectivity index (χ2n) is 4.93. The molecule has 0 aromatic rings. The fourth-order valence-electron chi connectivity index (χ4n) is 1.69. The molecule has 1 rings (SSSR count). The molecular formula is C12H24N2OS. The van der Waals surface area contributed by atoms with Crippen LogP contribution in [0.1, 0.15) is 26.7 Å². The Labute approximate surface area is 103 Å². The molecule has 16 heavy (non-hydrogen) atoms. The first-order valence-electron chi connectivity index (χ1n) is 6.14. The molecule has 1 saturated heterocycles. The molecule has 1 atom stereocenters. The van der Waals surface area contributed by atoms with E-state index in [1.54, 1.807) is 0 Å². The number of hydrogen-bond donors (Lipinski definition) is 1. The normalized spacial score (nSPS) is 21.1. The number of amides is 1. The Balaban J connectivity index is 2.22. The molecule has 0 aliphatic carbocycles. The largest absolute Gasteiger partial charge is 0.346 e. The highest BCUT2D eigenvalue weighted by Crippen LogP contribution is 2.11. The first kappa shape index (κ1) is 13.8. The Kier molecular flexibility index (Phi) is 6.21. The molecule has 1 unspecified atom stereocenters. The fourth-order valence-corrected chi connectivity index (χ4v) is 2.64. The van der Waals surface area contributed by atoms with E-state index in [4.69, 9.17) is 0 Å². The van der Waals surface area contributed by atoms with Gasteiger partial charge in [0.2, 0.25) is 5.91 Å². The van der Waals surface area contributed by atoms with Gasteiger partial charge in [0.05, 0.1) is 0 Å². The summed E-state index contributed by atoms with van der Waals surface area (Å²) >= 11 is 1.94. The van der Waals surface area contributed by atoms with E-state index in [2.05, 4.69) is 19.2 Å². The molecule has 1 N–H and O–H groups in total. The molecule has 0 aromatic heterocycles. The van der Waals surface area contributed by atoms with Crippen molar-refractivity contribution < 1.29 is 4.79 Å². The minimum atomic E-state index is 0.278. The van der Waals surface area contributed by atoms with E-state index in [0.717, 1.165) is 25.3 Å². The minimum Gasteiger partial charge on any atom is -0.346 e. The number of carbonyl (C=O) groups is 1. The van der Waals surface area contributed by atoms with Crippen LogP contribution in [0.5, 0.6) is 0 Å². The van der Waals surface area contributed by atoms with E-state index >= 15 is 0 Å². The molecular weight excluding hydrogens is 220 g/mol. The molecule has 0 spiro atoms. The Bertz CT molecular complexity index is 215. The molecule has 94 valence electrons. The Morgan fingerprint density at radius 1 is 1.56 bits per heavy atom. The van der Waals surface area contributed by atoms with Gasteiger partial charge in [-0.2, -0.15) is 11.8 Å². The van der Waals surface area contributed by atoms with Crippen molar-refractivity contribution in [2.45, 2.75) is 32.7 Å². The van der Waals surface area contributed by atoms with Crippen LogP contribution in [-0.4, -0.2) is 48.5 Å². The lowest BCUT2D eigenvalue weighted by atomic mass is 10.1. The van der Waals surface area contributed by atoms with Gasteiger partial charge in [0.15, 0.2) is 0 Å². The van der Waals surface area contributed by atoms with Crippen LogP contribution in [0.15, 0.2) is 0 Å². The third-order valence-electron chi connectivity index (χ3n) is 2.89. The van der Waals surface area contributed by atoms with Gasteiger partial charge in [0, 0.05) is 44.1 Å². The molecule has 1 amide bonds. The van der Waals surface area contributed by atoms with E-state index in [1.807, 2.05) is 23.7 Å². The summed E-state index contributed by atoms with van der Waals surface area (Å²) in [5.74, 6) is 3.19. The van der Waals surface area contributed by atoms with Gasteiger partial charge < -0.3 is 10.2 Å². The summed E-state index contributed by atoms with van der Waals surface area (Å²) in [5.41, 5.74) is 0. The van der Waals surface area contributed by atoms with Crippen molar-refractivity contribution in [2.24, 2.45) is 5.92 Å². The zero-order valence-electron chi connectivity index (χ0n) is 10.7. The highest BCUT2D eigenvalue weighted by molar-refractivity contribution is 7.99. The van der Waals surface area contributed by atoms with Crippen molar-refractivity contribution in [2.75, 3.05) is 31.6 Å².